The lowest BCUT2D eigenvalue weighted by atomic mass is 10.2. The van der Waals surface area contributed by atoms with Gasteiger partial charge in [-0.2, -0.15) is 0 Å². The number of carbonyl (C=O) groups excluding carboxylic acids is 1. The summed E-state index contributed by atoms with van der Waals surface area (Å²) in [6, 6.07) is 9.80. The molecule has 0 atom stereocenters. The van der Waals surface area contributed by atoms with Crippen LogP contribution in [0.5, 0.6) is 0 Å². The number of quaternary nitrogens is 1. The summed E-state index contributed by atoms with van der Waals surface area (Å²) in [5.74, 6) is 0. The number of nitrogens with one attached hydrogen (secondary N) is 2. The van der Waals surface area contributed by atoms with Crippen LogP contribution in [-0.2, 0) is 11.3 Å². The molecule has 1 aromatic carbocycles. The molecular weight excluding hydrogens is 264 g/mol. The highest BCUT2D eigenvalue weighted by atomic mass is 35.5. The molecule has 0 saturated carbocycles. The normalized spacial score (nSPS) is 9.84. The fourth-order valence-corrected chi connectivity index (χ4v) is 1.71. The van der Waals surface area contributed by atoms with Gasteiger partial charge in [-0.15, -0.1) is 0 Å². The lowest BCUT2D eigenvalue weighted by Crippen LogP contribution is -3.11. The van der Waals surface area contributed by atoms with Gasteiger partial charge in [0.1, 0.15) is 13.2 Å². The first-order valence-corrected chi connectivity index (χ1v) is 6.54. The third-order valence-corrected chi connectivity index (χ3v) is 2.97. The number of rotatable bonds is 7. The molecule has 4 nitrogen and oxygen atoms in total. The summed E-state index contributed by atoms with van der Waals surface area (Å²) in [7, 11) is 0. The van der Waals surface area contributed by atoms with Crippen LogP contribution in [0.25, 0.3) is 0 Å². The van der Waals surface area contributed by atoms with Crippen LogP contribution in [0.1, 0.15) is 19.4 Å². The molecular formula is C14H23ClN2O2. The summed E-state index contributed by atoms with van der Waals surface area (Å²) in [6.07, 6.45) is -0.342. The van der Waals surface area contributed by atoms with Gasteiger partial charge >= 0.3 is 6.09 Å². The number of hydrogen-bond donors (Lipinski definition) is 2. The minimum atomic E-state index is -0.342. The predicted octanol–water partition coefficient (Wildman–Crippen LogP) is -2.16. The number of alkyl carbamates (subject to hydrolysis) is 1. The van der Waals surface area contributed by atoms with Crippen molar-refractivity contribution in [3.8, 4) is 0 Å². The van der Waals surface area contributed by atoms with Crippen LogP contribution in [0.4, 0.5) is 4.79 Å². The lowest BCUT2D eigenvalue weighted by molar-refractivity contribution is -0.896. The molecule has 0 bridgehead atoms. The van der Waals surface area contributed by atoms with Crippen molar-refractivity contribution in [2.45, 2.75) is 20.4 Å². The van der Waals surface area contributed by atoms with E-state index >= 15 is 0 Å². The molecule has 1 amide bonds. The highest BCUT2D eigenvalue weighted by Gasteiger charge is 2.05. The summed E-state index contributed by atoms with van der Waals surface area (Å²) in [5.41, 5.74) is 1.07. The molecule has 2 N–H and O–H groups in total. The van der Waals surface area contributed by atoms with Crippen LogP contribution < -0.4 is 22.6 Å². The van der Waals surface area contributed by atoms with E-state index in [1.54, 1.807) is 0 Å². The highest BCUT2D eigenvalue weighted by Crippen LogP contribution is 1.97. The maximum atomic E-state index is 11.4. The maximum absolute atomic E-state index is 11.4. The zero-order valence-electron chi connectivity index (χ0n) is 11.6. The van der Waals surface area contributed by atoms with Crippen molar-refractivity contribution in [2.75, 3.05) is 26.2 Å². The minimum absolute atomic E-state index is 0. The fraction of sp³-hybridized carbons (Fsp3) is 0.500. The van der Waals surface area contributed by atoms with Gasteiger partial charge in [0.15, 0.2) is 0 Å². The molecule has 19 heavy (non-hydrogen) atoms. The van der Waals surface area contributed by atoms with Crippen LogP contribution in [0.3, 0.4) is 0 Å². The van der Waals surface area contributed by atoms with Crippen LogP contribution in [0, 0.1) is 0 Å². The Morgan fingerprint density at radius 3 is 2.42 bits per heavy atom. The maximum Gasteiger partial charge on any atom is 0.407 e. The summed E-state index contributed by atoms with van der Waals surface area (Å²) >= 11 is 0. The molecule has 0 aliphatic carbocycles. The number of benzene rings is 1. The summed E-state index contributed by atoms with van der Waals surface area (Å²) < 4.78 is 5.13. The van der Waals surface area contributed by atoms with Gasteiger partial charge in [0, 0.05) is 6.54 Å². The van der Waals surface area contributed by atoms with Gasteiger partial charge in [0.2, 0.25) is 0 Å². The Morgan fingerprint density at radius 2 is 1.84 bits per heavy atom. The van der Waals surface area contributed by atoms with E-state index in [9.17, 15) is 4.79 Å². The van der Waals surface area contributed by atoms with Crippen LogP contribution >= 0.6 is 0 Å². The van der Waals surface area contributed by atoms with Crippen LogP contribution in [-0.4, -0.2) is 32.3 Å². The smallest absolute Gasteiger partial charge is 0.407 e. The van der Waals surface area contributed by atoms with Crippen molar-refractivity contribution in [3.63, 3.8) is 0 Å². The van der Waals surface area contributed by atoms with E-state index in [1.165, 1.54) is 4.90 Å². The quantitative estimate of drug-likeness (QED) is 0.600. The molecule has 0 heterocycles. The summed E-state index contributed by atoms with van der Waals surface area (Å²) in [6.45, 7) is 8.24. The Hall–Kier alpha value is -1.26. The van der Waals surface area contributed by atoms with Gasteiger partial charge in [0.05, 0.1) is 13.1 Å². The Kier molecular flexibility index (Phi) is 9.94. The van der Waals surface area contributed by atoms with Crippen LogP contribution in [0.15, 0.2) is 30.3 Å². The van der Waals surface area contributed by atoms with Gasteiger partial charge in [-0.3, -0.25) is 0 Å². The average molecular weight is 287 g/mol. The Bertz CT molecular complexity index is 343. The molecule has 0 fully saturated rings. The summed E-state index contributed by atoms with van der Waals surface area (Å²) in [5, 5.41) is 2.74. The second-order valence-corrected chi connectivity index (χ2v) is 4.18. The highest BCUT2D eigenvalue weighted by molar-refractivity contribution is 5.67. The van der Waals surface area contributed by atoms with E-state index in [2.05, 4.69) is 19.2 Å². The molecule has 0 aliphatic heterocycles. The van der Waals surface area contributed by atoms with Gasteiger partial charge in [-0.25, -0.2) is 4.79 Å². The van der Waals surface area contributed by atoms with Crippen molar-refractivity contribution >= 4 is 6.09 Å². The van der Waals surface area contributed by atoms with Crippen molar-refractivity contribution in [2.24, 2.45) is 0 Å². The summed E-state index contributed by atoms with van der Waals surface area (Å²) in [4.78, 5) is 12.9. The third-order valence-electron chi connectivity index (χ3n) is 2.97. The minimum Gasteiger partial charge on any atom is -1.00 e. The first kappa shape index (κ1) is 17.7. The number of ether oxygens (including phenoxy) is 1. The molecule has 1 rings (SSSR count). The predicted molar refractivity (Wildman–Crippen MR) is 71.5 cm³/mol. The molecule has 5 heteroatoms. The molecule has 108 valence electrons. The van der Waals surface area contributed by atoms with Gasteiger partial charge in [0.25, 0.3) is 0 Å². The Labute approximate surface area is 121 Å². The van der Waals surface area contributed by atoms with E-state index in [4.69, 9.17) is 4.74 Å². The number of halogens is 1. The molecule has 1 aromatic rings. The van der Waals surface area contributed by atoms with Crippen molar-refractivity contribution < 1.29 is 26.8 Å². The third kappa shape index (κ3) is 7.70. The Morgan fingerprint density at radius 1 is 1.21 bits per heavy atom. The Balaban J connectivity index is 0.00000324. The number of likely N-dealkylation sites (N-methyl/N-ethyl adjacent to an activating group) is 1. The zero-order chi connectivity index (χ0) is 13.2. The molecule has 0 aliphatic rings. The monoisotopic (exact) mass is 286 g/mol. The number of hydrogen-bond acceptors (Lipinski definition) is 2. The van der Waals surface area contributed by atoms with E-state index in [0.29, 0.717) is 13.2 Å². The average Bonchev–Trinajstić information content (AvgIpc) is 2.42. The van der Waals surface area contributed by atoms with E-state index in [-0.39, 0.29) is 18.5 Å². The standard InChI is InChI=1S/C14H22N2O2.ClH/c1-3-16(4-2)10-11-18-14(17)15-12-13-8-6-5-7-9-13;/h5-9H,3-4,10-12H2,1-2H3,(H,15,17);1H. The van der Waals surface area contributed by atoms with Crippen molar-refractivity contribution in [1.29, 1.82) is 0 Å². The van der Waals surface area contributed by atoms with Gasteiger partial charge in [-0.05, 0) is 19.4 Å². The zero-order valence-corrected chi connectivity index (χ0v) is 12.4. The molecule has 0 unspecified atom stereocenters. The largest absolute Gasteiger partial charge is 1.00 e. The first-order chi connectivity index (χ1) is 8.76. The van der Waals surface area contributed by atoms with E-state index < -0.39 is 0 Å². The topological polar surface area (TPSA) is 42.8 Å². The van der Waals surface area contributed by atoms with Crippen LogP contribution in [0.2, 0.25) is 0 Å². The first-order valence-electron chi connectivity index (χ1n) is 6.54. The van der Waals surface area contributed by atoms with E-state index in [1.807, 2.05) is 30.3 Å². The van der Waals surface area contributed by atoms with Gasteiger partial charge in [-0.1, -0.05) is 30.3 Å². The molecule has 0 radical (unpaired) electrons. The van der Waals surface area contributed by atoms with Crippen molar-refractivity contribution in [3.05, 3.63) is 35.9 Å². The molecule has 0 spiro atoms. The molecule has 0 saturated heterocycles. The number of amides is 1. The van der Waals surface area contributed by atoms with E-state index in [0.717, 1.165) is 25.2 Å². The SMILES string of the molecule is CC[NH+](CC)CCOC(=O)NCc1ccccc1.[Cl-]. The number of carbonyl (C=O) groups is 1. The van der Waals surface area contributed by atoms with Crippen molar-refractivity contribution in [1.82, 2.24) is 5.32 Å². The second-order valence-electron chi connectivity index (χ2n) is 4.18. The van der Waals surface area contributed by atoms with Gasteiger partial charge < -0.3 is 27.4 Å². The molecule has 0 aromatic heterocycles. The lowest BCUT2D eigenvalue weighted by Gasteiger charge is -2.15. The second kappa shape index (κ2) is 10.6. The fourth-order valence-electron chi connectivity index (χ4n) is 1.71.